The van der Waals surface area contributed by atoms with Gasteiger partial charge in [-0.25, -0.2) is 0 Å². The van der Waals surface area contributed by atoms with Gasteiger partial charge in [0.25, 0.3) is 0 Å². The van der Waals surface area contributed by atoms with Crippen LogP contribution in [0.2, 0.25) is 15.1 Å². The van der Waals surface area contributed by atoms with Crippen molar-refractivity contribution < 1.29 is 9.47 Å². The molecular formula is C18H18Cl3N3O2S. The van der Waals surface area contributed by atoms with Gasteiger partial charge in [-0.05, 0) is 54.5 Å². The highest BCUT2D eigenvalue weighted by molar-refractivity contribution is 7.80. The Labute approximate surface area is 178 Å². The van der Waals surface area contributed by atoms with Crippen molar-refractivity contribution in [3.8, 4) is 11.5 Å². The van der Waals surface area contributed by atoms with E-state index in [-0.39, 0.29) is 6.61 Å². The predicted molar refractivity (Wildman–Crippen MR) is 116 cm³/mol. The van der Waals surface area contributed by atoms with E-state index in [9.17, 15) is 0 Å². The molecule has 0 saturated carbocycles. The van der Waals surface area contributed by atoms with Crippen molar-refractivity contribution in [1.29, 1.82) is 0 Å². The Bertz CT molecular complexity index is 847. The van der Waals surface area contributed by atoms with Gasteiger partial charge in [0, 0.05) is 6.54 Å². The van der Waals surface area contributed by atoms with Crippen LogP contribution in [0, 0.1) is 0 Å². The largest absolute Gasteiger partial charge is 0.493 e. The van der Waals surface area contributed by atoms with E-state index in [0.717, 1.165) is 11.1 Å². The predicted octanol–water partition coefficient (Wildman–Crippen LogP) is 5.05. The highest BCUT2D eigenvalue weighted by Gasteiger charge is 2.12. The normalized spacial score (nSPS) is 10.7. The first-order valence-corrected chi connectivity index (χ1v) is 9.50. The van der Waals surface area contributed by atoms with Crippen LogP contribution >= 0.6 is 47.0 Å². The number of halogens is 3. The number of hydrogen-bond acceptors (Lipinski definition) is 4. The van der Waals surface area contributed by atoms with Crippen LogP contribution in [-0.4, -0.2) is 25.0 Å². The van der Waals surface area contributed by atoms with Crippen molar-refractivity contribution in [2.75, 3.05) is 13.7 Å². The van der Waals surface area contributed by atoms with E-state index in [1.165, 1.54) is 7.11 Å². The van der Waals surface area contributed by atoms with Crippen LogP contribution in [0.5, 0.6) is 11.5 Å². The molecule has 0 atom stereocenters. The molecule has 0 radical (unpaired) electrons. The molecule has 144 valence electrons. The molecule has 9 heteroatoms. The summed E-state index contributed by atoms with van der Waals surface area (Å²) in [4.78, 5) is 0. The maximum Gasteiger partial charge on any atom is 0.186 e. The monoisotopic (exact) mass is 445 g/mol. The first kappa shape index (κ1) is 21.6. The van der Waals surface area contributed by atoms with E-state index in [4.69, 9.17) is 56.5 Å². The average molecular weight is 447 g/mol. The van der Waals surface area contributed by atoms with Crippen molar-refractivity contribution in [1.82, 2.24) is 10.7 Å². The van der Waals surface area contributed by atoms with E-state index in [1.807, 2.05) is 13.0 Å². The molecule has 0 bridgehead atoms. The second-order valence-electron chi connectivity index (χ2n) is 5.30. The molecule has 0 aromatic heterocycles. The Kier molecular flexibility index (Phi) is 8.44. The summed E-state index contributed by atoms with van der Waals surface area (Å²) in [6.45, 7) is 2.92. The Morgan fingerprint density at radius 1 is 1.15 bits per heavy atom. The highest BCUT2D eigenvalue weighted by Crippen LogP contribution is 2.36. The molecule has 0 unspecified atom stereocenters. The molecule has 0 aliphatic carbocycles. The number of rotatable bonds is 7. The van der Waals surface area contributed by atoms with Gasteiger partial charge < -0.3 is 14.8 Å². The smallest absolute Gasteiger partial charge is 0.186 e. The minimum atomic E-state index is 0.263. The second-order valence-corrected chi connectivity index (χ2v) is 6.93. The third-order valence-electron chi connectivity index (χ3n) is 3.34. The average Bonchev–Trinajstić information content (AvgIpc) is 2.63. The summed E-state index contributed by atoms with van der Waals surface area (Å²) in [7, 11) is 1.54. The van der Waals surface area contributed by atoms with Gasteiger partial charge in [-0.15, -0.1) is 0 Å². The van der Waals surface area contributed by atoms with Gasteiger partial charge in [-0.1, -0.05) is 40.9 Å². The molecule has 0 aliphatic rings. The fourth-order valence-electron chi connectivity index (χ4n) is 2.10. The Hall–Kier alpha value is -1.73. The van der Waals surface area contributed by atoms with Gasteiger partial charge in [-0.2, -0.15) is 5.10 Å². The molecule has 2 N–H and O–H groups in total. The van der Waals surface area contributed by atoms with Gasteiger partial charge >= 0.3 is 0 Å². The molecule has 2 aromatic carbocycles. The minimum absolute atomic E-state index is 0.263. The van der Waals surface area contributed by atoms with E-state index in [1.54, 1.807) is 30.5 Å². The quantitative estimate of drug-likeness (QED) is 0.354. The third kappa shape index (κ3) is 6.43. The number of benzene rings is 2. The van der Waals surface area contributed by atoms with E-state index in [0.29, 0.717) is 38.2 Å². The van der Waals surface area contributed by atoms with Crippen LogP contribution < -0.4 is 20.2 Å². The molecular weight excluding hydrogens is 429 g/mol. The minimum Gasteiger partial charge on any atom is -0.493 e. The molecule has 0 heterocycles. The lowest BCUT2D eigenvalue weighted by Gasteiger charge is -2.13. The topological polar surface area (TPSA) is 54.9 Å². The molecule has 5 nitrogen and oxygen atoms in total. The molecule has 0 saturated heterocycles. The first-order chi connectivity index (χ1) is 12.9. The van der Waals surface area contributed by atoms with Crippen molar-refractivity contribution in [2.45, 2.75) is 13.5 Å². The van der Waals surface area contributed by atoms with Crippen LogP contribution in [0.1, 0.15) is 18.1 Å². The van der Waals surface area contributed by atoms with Crippen LogP contribution in [0.25, 0.3) is 0 Å². The SMILES string of the molecule is CCNC(=S)N/N=C\c1cc(Cl)c(OCc2ccc(Cl)c(Cl)c2)c(OC)c1. The second kappa shape index (κ2) is 10.6. The Balaban J connectivity index is 2.11. The maximum absolute atomic E-state index is 6.35. The number of hydrogen-bond donors (Lipinski definition) is 2. The van der Waals surface area contributed by atoms with Crippen LogP contribution in [-0.2, 0) is 6.61 Å². The van der Waals surface area contributed by atoms with Gasteiger partial charge in [-0.3, -0.25) is 5.43 Å². The van der Waals surface area contributed by atoms with Gasteiger partial charge in [0.1, 0.15) is 6.61 Å². The van der Waals surface area contributed by atoms with Crippen LogP contribution in [0.15, 0.2) is 35.4 Å². The lowest BCUT2D eigenvalue weighted by molar-refractivity contribution is 0.284. The highest BCUT2D eigenvalue weighted by atomic mass is 35.5. The zero-order valence-electron chi connectivity index (χ0n) is 14.7. The molecule has 0 amide bonds. The summed E-state index contributed by atoms with van der Waals surface area (Å²) >= 11 is 23.3. The summed E-state index contributed by atoms with van der Waals surface area (Å²) < 4.78 is 11.2. The standard InChI is InChI=1S/C18H18Cl3N3O2S/c1-3-22-18(27)24-23-9-12-7-15(21)17(16(8-12)25-2)26-10-11-4-5-13(19)14(20)6-11/h4-9H,3,10H2,1-2H3,(H2,22,24,27)/b23-9-. The zero-order chi connectivity index (χ0) is 19.8. The van der Waals surface area contributed by atoms with Crippen molar-refractivity contribution in [2.24, 2.45) is 5.10 Å². The summed E-state index contributed by atoms with van der Waals surface area (Å²) in [6, 6.07) is 8.76. The Morgan fingerprint density at radius 2 is 1.93 bits per heavy atom. The van der Waals surface area contributed by atoms with E-state index < -0.39 is 0 Å². The summed E-state index contributed by atoms with van der Waals surface area (Å²) in [5.41, 5.74) is 4.29. The maximum atomic E-state index is 6.35. The lowest BCUT2D eigenvalue weighted by Crippen LogP contribution is -2.31. The first-order valence-electron chi connectivity index (χ1n) is 7.95. The third-order valence-corrected chi connectivity index (χ3v) is 4.59. The van der Waals surface area contributed by atoms with Gasteiger partial charge in [0.2, 0.25) is 0 Å². The van der Waals surface area contributed by atoms with E-state index in [2.05, 4.69) is 15.8 Å². The summed E-state index contributed by atoms with van der Waals surface area (Å²) in [5.74, 6) is 0.914. The number of nitrogens with zero attached hydrogens (tertiary/aromatic N) is 1. The van der Waals surface area contributed by atoms with Gasteiger partial charge in [0.15, 0.2) is 16.6 Å². The van der Waals surface area contributed by atoms with Crippen molar-refractivity contribution in [3.05, 3.63) is 56.5 Å². The van der Waals surface area contributed by atoms with E-state index >= 15 is 0 Å². The van der Waals surface area contributed by atoms with Crippen molar-refractivity contribution >= 4 is 58.3 Å². The fraction of sp³-hybridized carbons (Fsp3) is 0.222. The van der Waals surface area contributed by atoms with Gasteiger partial charge in [0.05, 0.1) is 28.4 Å². The molecule has 0 aliphatic heterocycles. The summed E-state index contributed by atoms with van der Waals surface area (Å²) in [6.07, 6.45) is 1.58. The molecule has 27 heavy (non-hydrogen) atoms. The number of nitrogens with one attached hydrogen (secondary N) is 2. The molecule has 0 fully saturated rings. The number of thiocarbonyl (C=S) groups is 1. The molecule has 2 rings (SSSR count). The van der Waals surface area contributed by atoms with Crippen LogP contribution in [0.4, 0.5) is 0 Å². The fourth-order valence-corrected chi connectivity index (χ4v) is 2.90. The molecule has 0 spiro atoms. The molecule has 2 aromatic rings. The Morgan fingerprint density at radius 3 is 2.59 bits per heavy atom. The number of hydrazone groups is 1. The lowest BCUT2D eigenvalue weighted by atomic mass is 10.2. The van der Waals surface area contributed by atoms with Crippen LogP contribution in [0.3, 0.4) is 0 Å². The zero-order valence-corrected chi connectivity index (χ0v) is 17.8. The number of methoxy groups -OCH3 is 1. The summed E-state index contributed by atoms with van der Waals surface area (Å²) in [5, 5.41) is 8.77. The number of ether oxygens (including phenoxy) is 2. The van der Waals surface area contributed by atoms with Crippen molar-refractivity contribution in [3.63, 3.8) is 0 Å².